The molecule has 110 valence electrons. The Morgan fingerprint density at radius 1 is 1.30 bits per heavy atom. The molecule has 0 bridgehead atoms. The molecular formula is C16H24N2O2. The van der Waals surface area contributed by atoms with Crippen LogP contribution in [0.1, 0.15) is 43.0 Å². The largest absolute Gasteiger partial charge is 0.488 e. The van der Waals surface area contributed by atoms with E-state index in [0.29, 0.717) is 22.9 Å². The fourth-order valence-corrected chi connectivity index (χ4v) is 2.67. The van der Waals surface area contributed by atoms with Gasteiger partial charge in [-0.3, -0.25) is 4.79 Å². The van der Waals surface area contributed by atoms with Crippen molar-refractivity contribution in [3.63, 3.8) is 0 Å². The Labute approximate surface area is 120 Å². The predicted octanol–water partition coefficient (Wildman–Crippen LogP) is 2.93. The van der Waals surface area contributed by atoms with Gasteiger partial charge < -0.3 is 15.4 Å². The van der Waals surface area contributed by atoms with Crippen molar-refractivity contribution >= 4 is 11.6 Å². The maximum atomic E-state index is 11.9. The van der Waals surface area contributed by atoms with E-state index in [9.17, 15) is 4.79 Å². The third kappa shape index (κ3) is 3.24. The molecular weight excluding hydrogens is 252 g/mol. The number of hydrogen-bond donors (Lipinski definition) is 1. The minimum atomic E-state index is -0.0470. The Kier molecular flexibility index (Phi) is 4.53. The van der Waals surface area contributed by atoms with Gasteiger partial charge in [0, 0.05) is 19.7 Å². The molecule has 1 aliphatic carbocycles. The first-order valence-electron chi connectivity index (χ1n) is 7.27. The SMILES string of the molecule is CC1CCCCC1Oc1ccc(C(=O)N(C)C)cc1N. The Balaban J connectivity index is 2.11. The smallest absolute Gasteiger partial charge is 0.253 e. The van der Waals surface area contributed by atoms with Crippen molar-refractivity contribution in [2.45, 2.75) is 38.7 Å². The van der Waals surface area contributed by atoms with Crippen LogP contribution in [-0.2, 0) is 0 Å². The lowest BCUT2D eigenvalue weighted by Gasteiger charge is -2.29. The number of rotatable bonds is 3. The molecule has 4 heteroatoms. The summed E-state index contributed by atoms with van der Waals surface area (Å²) in [6.07, 6.45) is 5.03. The molecule has 1 fully saturated rings. The Hall–Kier alpha value is -1.71. The zero-order valence-electron chi connectivity index (χ0n) is 12.6. The van der Waals surface area contributed by atoms with Gasteiger partial charge in [-0.1, -0.05) is 13.3 Å². The monoisotopic (exact) mass is 276 g/mol. The van der Waals surface area contributed by atoms with Crippen LogP contribution in [-0.4, -0.2) is 31.0 Å². The van der Waals surface area contributed by atoms with E-state index >= 15 is 0 Å². The zero-order valence-corrected chi connectivity index (χ0v) is 12.6. The van der Waals surface area contributed by atoms with E-state index < -0.39 is 0 Å². The number of anilines is 1. The summed E-state index contributed by atoms with van der Waals surface area (Å²) in [5.74, 6) is 1.21. The van der Waals surface area contributed by atoms with Crippen LogP contribution in [0.5, 0.6) is 5.75 Å². The number of ether oxygens (including phenoxy) is 1. The number of hydrogen-bond acceptors (Lipinski definition) is 3. The number of benzene rings is 1. The quantitative estimate of drug-likeness (QED) is 0.864. The molecule has 0 aliphatic heterocycles. The van der Waals surface area contributed by atoms with Gasteiger partial charge in [-0.2, -0.15) is 0 Å². The van der Waals surface area contributed by atoms with Crippen LogP contribution in [0.25, 0.3) is 0 Å². The van der Waals surface area contributed by atoms with E-state index in [0.717, 1.165) is 6.42 Å². The van der Waals surface area contributed by atoms with E-state index in [1.807, 2.05) is 6.07 Å². The Morgan fingerprint density at radius 2 is 2.00 bits per heavy atom. The number of nitrogens with zero attached hydrogens (tertiary/aromatic N) is 1. The van der Waals surface area contributed by atoms with Crippen molar-refractivity contribution in [1.82, 2.24) is 4.90 Å². The van der Waals surface area contributed by atoms with E-state index in [-0.39, 0.29) is 12.0 Å². The molecule has 2 N–H and O–H groups in total. The van der Waals surface area contributed by atoms with Crippen molar-refractivity contribution in [2.24, 2.45) is 5.92 Å². The Morgan fingerprint density at radius 3 is 2.60 bits per heavy atom. The van der Waals surface area contributed by atoms with Gasteiger partial charge in [0.2, 0.25) is 0 Å². The number of carbonyl (C=O) groups is 1. The summed E-state index contributed by atoms with van der Waals surface area (Å²) >= 11 is 0. The number of nitrogen functional groups attached to an aromatic ring is 1. The van der Waals surface area contributed by atoms with Crippen molar-refractivity contribution in [2.75, 3.05) is 19.8 Å². The average Bonchev–Trinajstić information content (AvgIpc) is 2.42. The first-order valence-corrected chi connectivity index (χ1v) is 7.27. The summed E-state index contributed by atoms with van der Waals surface area (Å²) in [7, 11) is 3.46. The van der Waals surface area contributed by atoms with Crippen LogP contribution in [0, 0.1) is 5.92 Å². The van der Waals surface area contributed by atoms with E-state index in [1.54, 1.807) is 31.1 Å². The van der Waals surface area contributed by atoms with E-state index in [2.05, 4.69) is 6.92 Å². The average molecular weight is 276 g/mol. The molecule has 1 aromatic carbocycles. The summed E-state index contributed by atoms with van der Waals surface area (Å²) in [6.45, 7) is 2.23. The molecule has 1 amide bonds. The maximum absolute atomic E-state index is 11.9. The van der Waals surface area contributed by atoms with Gasteiger partial charge >= 0.3 is 0 Å². The molecule has 1 aromatic rings. The highest BCUT2D eigenvalue weighted by Gasteiger charge is 2.23. The van der Waals surface area contributed by atoms with Gasteiger partial charge in [-0.25, -0.2) is 0 Å². The van der Waals surface area contributed by atoms with Crippen LogP contribution in [0.15, 0.2) is 18.2 Å². The molecule has 1 aliphatic rings. The van der Waals surface area contributed by atoms with Crippen molar-refractivity contribution < 1.29 is 9.53 Å². The molecule has 2 rings (SSSR count). The molecule has 20 heavy (non-hydrogen) atoms. The molecule has 0 radical (unpaired) electrons. The third-order valence-electron chi connectivity index (χ3n) is 3.97. The Bertz CT molecular complexity index is 485. The normalized spacial score (nSPS) is 22.4. The van der Waals surface area contributed by atoms with Crippen molar-refractivity contribution in [3.8, 4) is 5.75 Å². The predicted molar refractivity (Wildman–Crippen MR) is 80.9 cm³/mol. The highest BCUT2D eigenvalue weighted by Crippen LogP contribution is 2.31. The summed E-state index contributed by atoms with van der Waals surface area (Å²) < 4.78 is 6.04. The minimum absolute atomic E-state index is 0.0470. The summed E-state index contributed by atoms with van der Waals surface area (Å²) in [5, 5.41) is 0. The lowest BCUT2D eigenvalue weighted by Crippen LogP contribution is -2.28. The lowest BCUT2D eigenvalue weighted by atomic mass is 9.88. The number of carbonyl (C=O) groups excluding carboxylic acids is 1. The van der Waals surface area contributed by atoms with Crippen LogP contribution in [0.3, 0.4) is 0 Å². The molecule has 2 atom stereocenters. The summed E-state index contributed by atoms with van der Waals surface area (Å²) in [5.41, 5.74) is 7.16. The maximum Gasteiger partial charge on any atom is 0.253 e. The van der Waals surface area contributed by atoms with E-state index in [1.165, 1.54) is 19.3 Å². The fourth-order valence-electron chi connectivity index (χ4n) is 2.67. The van der Waals surface area contributed by atoms with Crippen molar-refractivity contribution in [3.05, 3.63) is 23.8 Å². The highest BCUT2D eigenvalue weighted by molar-refractivity contribution is 5.95. The van der Waals surface area contributed by atoms with Crippen LogP contribution < -0.4 is 10.5 Å². The fraction of sp³-hybridized carbons (Fsp3) is 0.562. The van der Waals surface area contributed by atoms with Crippen LogP contribution in [0.2, 0.25) is 0 Å². The van der Waals surface area contributed by atoms with E-state index in [4.69, 9.17) is 10.5 Å². The molecule has 0 heterocycles. The van der Waals surface area contributed by atoms with Crippen LogP contribution in [0.4, 0.5) is 5.69 Å². The molecule has 4 nitrogen and oxygen atoms in total. The minimum Gasteiger partial charge on any atom is -0.488 e. The van der Waals surface area contributed by atoms with Gasteiger partial charge in [0.05, 0.1) is 5.69 Å². The molecule has 0 saturated heterocycles. The van der Waals surface area contributed by atoms with Gasteiger partial charge in [0.25, 0.3) is 5.91 Å². The second-order valence-corrected chi connectivity index (χ2v) is 5.87. The topological polar surface area (TPSA) is 55.6 Å². The number of nitrogens with two attached hydrogens (primary N) is 1. The lowest BCUT2D eigenvalue weighted by molar-refractivity contribution is 0.0827. The van der Waals surface area contributed by atoms with Gasteiger partial charge in [-0.15, -0.1) is 0 Å². The second-order valence-electron chi connectivity index (χ2n) is 5.87. The zero-order chi connectivity index (χ0) is 14.7. The van der Waals surface area contributed by atoms with Crippen molar-refractivity contribution in [1.29, 1.82) is 0 Å². The third-order valence-corrected chi connectivity index (χ3v) is 3.97. The summed E-state index contributed by atoms with van der Waals surface area (Å²) in [4.78, 5) is 13.4. The van der Waals surface area contributed by atoms with Gasteiger partial charge in [0.15, 0.2) is 0 Å². The number of amides is 1. The van der Waals surface area contributed by atoms with Crippen LogP contribution >= 0.6 is 0 Å². The standard InChI is InChI=1S/C16H24N2O2/c1-11-6-4-5-7-14(11)20-15-9-8-12(10-13(15)17)16(19)18(2)3/h8-11,14H,4-7,17H2,1-3H3. The molecule has 2 unspecified atom stereocenters. The first-order chi connectivity index (χ1) is 9.49. The molecule has 0 spiro atoms. The highest BCUT2D eigenvalue weighted by atomic mass is 16.5. The molecule has 1 saturated carbocycles. The van der Waals surface area contributed by atoms with Gasteiger partial charge in [0.1, 0.15) is 11.9 Å². The molecule has 0 aromatic heterocycles. The first kappa shape index (κ1) is 14.7. The second kappa shape index (κ2) is 6.16. The summed E-state index contributed by atoms with van der Waals surface area (Å²) in [6, 6.07) is 5.29. The van der Waals surface area contributed by atoms with Gasteiger partial charge in [-0.05, 0) is 43.4 Å².